The van der Waals surface area contributed by atoms with Crippen LogP contribution in [0.25, 0.3) is 0 Å². The van der Waals surface area contributed by atoms with Gasteiger partial charge in [0.15, 0.2) is 0 Å². The minimum Gasteiger partial charge on any atom is -0.345 e. The summed E-state index contributed by atoms with van der Waals surface area (Å²) in [7, 11) is -1.68. The monoisotopic (exact) mass is 278 g/mol. The van der Waals surface area contributed by atoms with Crippen LogP contribution in [0.5, 0.6) is 0 Å². The van der Waals surface area contributed by atoms with E-state index in [1.165, 1.54) is 4.31 Å². The van der Waals surface area contributed by atoms with Crippen LogP contribution in [-0.4, -0.2) is 55.5 Å². The van der Waals surface area contributed by atoms with Crippen molar-refractivity contribution in [3.63, 3.8) is 0 Å². The summed E-state index contributed by atoms with van der Waals surface area (Å²) in [5.41, 5.74) is -0.588. The zero-order chi connectivity index (χ0) is 14.6. The summed E-state index contributed by atoms with van der Waals surface area (Å²) in [5, 5.41) is 0. The van der Waals surface area contributed by atoms with Crippen LogP contribution in [0.1, 0.15) is 40.5 Å². The fourth-order valence-electron chi connectivity index (χ4n) is 1.62. The Hall–Kier alpha value is -0.620. The topological polar surface area (TPSA) is 57.7 Å². The van der Waals surface area contributed by atoms with E-state index in [1.54, 1.807) is 32.7 Å². The normalized spacial score (nSPS) is 12.8. The summed E-state index contributed by atoms with van der Waals surface area (Å²) in [6.45, 7) is 7.98. The van der Waals surface area contributed by atoms with Crippen LogP contribution in [0.3, 0.4) is 0 Å². The minimum absolute atomic E-state index is 0.0947. The lowest BCUT2D eigenvalue weighted by molar-refractivity contribution is -0.130. The summed E-state index contributed by atoms with van der Waals surface area (Å²) >= 11 is 0. The van der Waals surface area contributed by atoms with Gasteiger partial charge in [-0.1, -0.05) is 13.3 Å². The first-order chi connectivity index (χ1) is 8.00. The summed E-state index contributed by atoms with van der Waals surface area (Å²) < 4.78 is 24.7. The Morgan fingerprint density at radius 3 is 2.06 bits per heavy atom. The van der Waals surface area contributed by atoms with Crippen molar-refractivity contribution in [1.82, 2.24) is 9.21 Å². The molecule has 0 spiro atoms. The molecule has 0 bridgehead atoms. The molecule has 108 valence electrons. The van der Waals surface area contributed by atoms with E-state index in [2.05, 4.69) is 6.92 Å². The van der Waals surface area contributed by atoms with E-state index in [1.807, 2.05) is 0 Å². The lowest BCUT2D eigenvalue weighted by Gasteiger charge is -2.33. The maximum Gasteiger partial charge on any atom is 0.237 e. The maximum absolute atomic E-state index is 12.0. The number of carbonyl (C=O) groups excluding carboxylic acids is 1. The molecule has 0 unspecified atom stereocenters. The zero-order valence-corrected chi connectivity index (χ0v) is 13.2. The summed E-state index contributed by atoms with van der Waals surface area (Å²) in [5.74, 6) is -0.163. The predicted octanol–water partition coefficient (Wildman–Crippen LogP) is 1.30. The second-order valence-corrected chi connectivity index (χ2v) is 7.52. The van der Waals surface area contributed by atoms with E-state index in [9.17, 15) is 13.2 Å². The van der Waals surface area contributed by atoms with Crippen LogP contribution in [0.4, 0.5) is 0 Å². The number of carbonyl (C=O) groups is 1. The fraction of sp³-hybridized carbons (Fsp3) is 0.917. The van der Waals surface area contributed by atoms with E-state index in [-0.39, 0.29) is 12.5 Å². The van der Waals surface area contributed by atoms with Gasteiger partial charge in [0.05, 0.1) is 12.8 Å². The van der Waals surface area contributed by atoms with Crippen molar-refractivity contribution in [2.45, 2.75) is 46.1 Å². The maximum atomic E-state index is 12.0. The molecule has 0 aromatic carbocycles. The van der Waals surface area contributed by atoms with Crippen molar-refractivity contribution in [2.75, 3.05) is 26.4 Å². The van der Waals surface area contributed by atoms with E-state index >= 15 is 0 Å². The van der Waals surface area contributed by atoms with Gasteiger partial charge in [-0.15, -0.1) is 0 Å². The molecule has 0 saturated heterocycles. The summed E-state index contributed by atoms with van der Waals surface area (Å²) in [4.78, 5) is 13.6. The van der Waals surface area contributed by atoms with E-state index in [0.717, 1.165) is 19.1 Å². The van der Waals surface area contributed by atoms with Crippen LogP contribution in [0.2, 0.25) is 0 Å². The molecule has 0 aromatic rings. The lowest BCUT2D eigenvalue weighted by atomic mass is 10.1. The van der Waals surface area contributed by atoms with Crippen LogP contribution in [-0.2, 0) is 14.8 Å². The molecule has 0 aliphatic rings. The molecule has 0 aliphatic carbocycles. The highest BCUT2D eigenvalue weighted by Gasteiger charge is 2.32. The number of nitrogens with zero attached hydrogens (tertiary/aromatic N) is 2. The molecular weight excluding hydrogens is 252 g/mol. The highest BCUT2D eigenvalue weighted by atomic mass is 32.2. The second kappa shape index (κ2) is 6.52. The Morgan fingerprint density at radius 1 is 1.22 bits per heavy atom. The highest BCUT2D eigenvalue weighted by Crippen LogP contribution is 2.17. The van der Waals surface area contributed by atoms with Gasteiger partial charge < -0.3 is 4.90 Å². The third-order valence-corrected chi connectivity index (χ3v) is 4.18. The Balaban J connectivity index is 4.77. The van der Waals surface area contributed by atoms with E-state index in [0.29, 0.717) is 6.54 Å². The quantitative estimate of drug-likeness (QED) is 0.736. The van der Waals surface area contributed by atoms with Crippen molar-refractivity contribution >= 4 is 15.9 Å². The minimum atomic E-state index is -3.39. The third kappa shape index (κ3) is 5.82. The van der Waals surface area contributed by atoms with Crippen molar-refractivity contribution < 1.29 is 13.2 Å². The average molecular weight is 278 g/mol. The van der Waals surface area contributed by atoms with Crippen molar-refractivity contribution in [1.29, 1.82) is 0 Å². The first-order valence-electron chi connectivity index (χ1n) is 6.22. The van der Waals surface area contributed by atoms with Gasteiger partial charge in [-0.25, -0.2) is 8.42 Å². The number of sulfonamides is 1. The van der Waals surface area contributed by atoms with Crippen molar-refractivity contribution in [3.05, 3.63) is 0 Å². The number of hydrogen-bond donors (Lipinski definition) is 0. The van der Waals surface area contributed by atoms with Gasteiger partial charge in [0.1, 0.15) is 0 Å². The molecule has 0 fully saturated rings. The molecule has 0 atom stereocenters. The molecule has 0 aliphatic heterocycles. The highest BCUT2D eigenvalue weighted by molar-refractivity contribution is 7.88. The predicted molar refractivity (Wildman–Crippen MR) is 73.8 cm³/mol. The molecule has 0 rings (SSSR count). The molecule has 5 nitrogen and oxygen atoms in total. The summed E-state index contributed by atoms with van der Waals surface area (Å²) in [6.07, 6.45) is 3.07. The molecule has 18 heavy (non-hydrogen) atoms. The number of amides is 1. The van der Waals surface area contributed by atoms with Gasteiger partial charge >= 0.3 is 0 Å². The molecule has 0 radical (unpaired) electrons. The number of hydrogen-bond acceptors (Lipinski definition) is 3. The molecule has 1 amide bonds. The first-order valence-corrected chi connectivity index (χ1v) is 8.06. The SMILES string of the molecule is CCCCN(C)C(=O)CN(C(C)(C)C)S(C)(=O)=O. The molecular formula is C12H26N2O3S. The first kappa shape index (κ1) is 17.4. The van der Waals surface area contributed by atoms with Gasteiger partial charge in [0, 0.05) is 19.1 Å². The van der Waals surface area contributed by atoms with Gasteiger partial charge in [0.2, 0.25) is 15.9 Å². The molecule has 0 heterocycles. The fourth-order valence-corrected chi connectivity index (χ4v) is 2.96. The smallest absolute Gasteiger partial charge is 0.237 e. The van der Waals surface area contributed by atoms with Crippen LogP contribution in [0, 0.1) is 0 Å². The van der Waals surface area contributed by atoms with Crippen LogP contribution in [0.15, 0.2) is 0 Å². The third-order valence-electron chi connectivity index (χ3n) is 2.70. The molecule has 0 N–H and O–H groups in total. The zero-order valence-electron chi connectivity index (χ0n) is 12.4. The molecule has 0 saturated carbocycles. The second-order valence-electron chi connectivity index (χ2n) is 5.61. The Bertz CT molecular complexity index is 371. The van der Waals surface area contributed by atoms with E-state index in [4.69, 9.17) is 0 Å². The van der Waals surface area contributed by atoms with Gasteiger partial charge in [-0.2, -0.15) is 4.31 Å². The van der Waals surface area contributed by atoms with Gasteiger partial charge in [-0.3, -0.25) is 4.79 Å². The largest absolute Gasteiger partial charge is 0.345 e. The number of rotatable bonds is 6. The lowest BCUT2D eigenvalue weighted by Crippen LogP contribution is -2.50. The standard InChI is InChI=1S/C12H26N2O3S/c1-7-8-9-13(5)11(15)10-14(12(2,3)4)18(6,16)17/h7-10H2,1-6H3. The molecule has 6 heteroatoms. The number of likely N-dealkylation sites (N-methyl/N-ethyl adjacent to an activating group) is 1. The van der Waals surface area contributed by atoms with Crippen LogP contribution >= 0.6 is 0 Å². The van der Waals surface area contributed by atoms with Gasteiger partial charge in [0.25, 0.3) is 0 Å². The Labute approximate surface area is 111 Å². The van der Waals surface area contributed by atoms with Gasteiger partial charge in [-0.05, 0) is 27.2 Å². The average Bonchev–Trinajstić information content (AvgIpc) is 2.18. The Kier molecular flexibility index (Phi) is 6.29. The number of unbranched alkanes of at least 4 members (excludes halogenated alkanes) is 1. The van der Waals surface area contributed by atoms with Crippen molar-refractivity contribution in [2.24, 2.45) is 0 Å². The van der Waals surface area contributed by atoms with E-state index < -0.39 is 15.6 Å². The summed E-state index contributed by atoms with van der Waals surface area (Å²) in [6, 6.07) is 0. The molecule has 0 aromatic heterocycles. The Morgan fingerprint density at radius 2 is 1.72 bits per heavy atom. The van der Waals surface area contributed by atoms with Crippen LogP contribution < -0.4 is 0 Å². The van der Waals surface area contributed by atoms with Crippen molar-refractivity contribution in [3.8, 4) is 0 Å².